The zero-order chi connectivity index (χ0) is 21.0. The number of rotatable bonds is 6. The number of hydrogen-bond acceptors (Lipinski definition) is 5. The highest BCUT2D eigenvalue weighted by Gasteiger charge is 2.18. The number of benzene rings is 2. The molecule has 148 valence electrons. The van der Waals surface area contributed by atoms with Gasteiger partial charge in [0.2, 0.25) is 5.91 Å². The Morgan fingerprint density at radius 2 is 1.76 bits per heavy atom. The van der Waals surface area contributed by atoms with Crippen molar-refractivity contribution in [3.05, 3.63) is 70.9 Å². The third-order valence-electron chi connectivity index (χ3n) is 4.04. The maximum atomic E-state index is 12.4. The third-order valence-corrected chi connectivity index (χ3v) is 4.37. The number of aromatic nitrogens is 2. The largest absolute Gasteiger partial charge is 0.399 e. The van der Waals surface area contributed by atoms with E-state index in [4.69, 9.17) is 17.3 Å². The van der Waals surface area contributed by atoms with Crippen LogP contribution in [-0.4, -0.2) is 27.4 Å². The van der Waals surface area contributed by atoms with E-state index in [0.717, 1.165) is 0 Å². The van der Waals surface area contributed by atoms with Gasteiger partial charge in [-0.05, 0) is 36.4 Å². The van der Waals surface area contributed by atoms with Gasteiger partial charge >= 0.3 is 0 Å². The van der Waals surface area contributed by atoms with Gasteiger partial charge in [-0.3, -0.25) is 19.1 Å². The molecular formula is C20H18ClN5O3. The molecule has 1 aromatic heterocycles. The van der Waals surface area contributed by atoms with E-state index in [2.05, 4.69) is 15.7 Å². The number of nitrogens with one attached hydrogen (secondary N) is 2. The lowest BCUT2D eigenvalue weighted by molar-refractivity contribution is -0.115. The van der Waals surface area contributed by atoms with E-state index in [-0.39, 0.29) is 12.1 Å². The molecule has 3 rings (SSSR count). The van der Waals surface area contributed by atoms with E-state index in [1.807, 2.05) is 0 Å². The first-order valence-electron chi connectivity index (χ1n) is 8.62. The summed E-state index contributed by atoms with van der Waals surface area (Å²) in [5, 5.41) is 9.65. The molecule has 8 nitrogen and oxygen atoms in total. The van der Waals surface area contributed by atoms with Crippen molar-refractivity contribution in [3.8, 4) is 0 Å². The maximum absolute atomic E-state index is 12.4. The van der Waals surface area contributed by atoms with Crippen molar-refractivity contribution in [1.29, 1.82) is 0 Å². The lowest BCUT2D eigenvalue weighted by atomic mass is 10.2. The number of carbonyl (C=O) groups excluding carboxylic acids is 3. The maximum Gasteiger partial charge on any atom is 0.258 e. The molecule has 0 radical (unpaired) electrons. The molecule has 0 saturated heterocycles. The fraction of sp³-hybridized carbons (Fsp3) is 0.100. The van der Waals surface area contributed by atoms with Gasteiger partial charge in [0.15, 0.2) is 5.78 Å². The second kappa shape index (κ2) is 8.57. The highest BCUT2D eigenvalue weighted by atomic mass is 35.5. The Bertz CT molecular complexity index is 1080. The minimum Gasteiger partial charge on any atom is -0.399 e. The minimum atomic E-state index is -0.480. The summed E-state index contributed by atoms with van der Waals surface area (Å²) in [4.78, 5) is 36.9. The first-order valence-corrected chi connectivity index (χ1v) is 9.00. The van der Waals surface area contributed by atoms with E-state index in [1.165, 1.54) is 10.7 Å². The van der Waals surface area contributed by atoms with Crippen molar-refractivity contribution >= 4 is 46.4 Å². The van der Waals surface area contributed by atoms with Crippen molar-refractivity contribution in [2.45, 2.75) is 6.42 Å². The van der Waals surface area contributed by atoms with Crippen LogP contribution in [0.1, 0.15) is 27.3 Å². The van der Waals surface area contributed by atoms with Crippen molar-refractivity contribution in [2.75, 3.05) is 16.4 Å². The summed E-state index contributed by atoms with van der Waals surface area (Å²) in [6, 6.07) is 14.6. The minimum absolute atomic E-state index is 0.0643. The third kappa shape index (κ3) is 4.99. The molecule has 0 aliphatic heterocycles. The lowest BCUT2D eigenvalue weighted by Crippen LogP contribution is -2.17. The number of aryl methyl sites for hydroxylation is 1. The monoisotopic (exact) mass is 411 g/mol. The molecule has 2 aromatic carbocycles. The van der Waals surface area contributed by atoms with Gasteiger partial charge in [0.05, 0.1) is 17.0 Å². The first-order chi connectivity index (χ1) is 13.8. The van der Waals surface area contributed by atoms with Gasteiger partial charge in [-0.15, -0.1) is 0 Å². The highest BCUT2D eigenvalue weighted by Crippen LogP contribution is 2.18. The van der Waals surface area contributed by atoms with E-state index >= 15 is 0 Å². The van der Waals surface area contributed by atoms with E-state index in [9.17, 15) is 14.4 Å². The Balaban J connectivity index is 1.65. The number of anilines is 3. The average Bonchev–Trinajstić information content (AvgIpc) is 3.04. The molecule has 0 bridgehead atoms. The quantitative estimate of drug-likeness (QED) is 0.327. The molecule has 0 aliphatic rings. The molecule has 0 aliphatic carbocycles. The fourth-order valence-electron chi connectivity index (χ4n) is 2.56. The highest BCUT2D eigenvalue weighted by molar-refractivity contribution is 6.34. The topological polar surface area (TPSA) is 119 Å². The number of hydrogen-bond donors (Lipinski definition) is 3. The molecule has 0 saturated carbocycles. The van der Waals surface area contributed by atoms with Crippen LogP contribution in [0.5, 0.6) is 0 Å². The summed E-state index contributed by atoms with van der Waals surface area (Å²) in [6.45, 7) is 0. The number of halogens is 1. The molecule has 1 heterocycles. The van der Waals surface area contributed by atoms with Crippen molar-refractivity contribution in [2.24, 2.45) is 7.05 Å². The SMILES string of the molecule is Cn1nc(C(=O)CC(=O)Nc2ccc(N)cc2)cc1NC(=O)c1ccccc1Cl. The molecule has 0 unspecified atom stereocenters. The number of amides is 2. The predicted molar refractivity (Wildman–Crippen MR) is 111 cm³/mol. The van der Waals surface area contributed by atoms with Crippen LogP contribution in [-0.2, 0) is 11.8 Å². The van der Waals surface area contributed by atoms with Gasteiger partial charge in [0.1, 0.15) is 11.5 Å². The second-order valence-corrected chi connectivity index (χ2v) is 6.65. The molecule has 3 aromatic rings. The molecular weight excluding hydrogens is 394 g/mol. The lowest BCUT2D eigenvalue weighted by Gasteiger charge is -2.06. The molecule has 2 amide bonds. The van der Waals surface area contributed by atoms with Crippen molar-refractivity contribution in [1.82, 2.24) is 9.78 Å². The van der Waals surface area contributed by atoms with Crippen LogP contribution in [0.3, 0.4) is 0 Å². The predicted octanol–water partition coefficient (Wildman–Crippen LogP) is 3.12. The Morgan fingerprint density at radius 1 is 1.07 bits per heavy atom. The van der Waals surface area contributed by atoms with Gasteiger partial charge in [-0.2, -0.15) is 5.10 Å². The van der Waals surface area contributed by atoms with Crippen LogP contribution in [0.15, 0.2) is 54.6 Å². The van der Waals surface area contributed by atoms with Crippen molar-refractivity contribution < 1.29 is 14.4 Å². The average molecular weight is 412 g/mol. The molecule has 4 N–H and O–H groups in total. The molecule has 0 fully saturated rings. The first kappa shape index (κ1) is 20.1. The van der Waals surface area contributed by atoms with Crippen LogP contribution in [0.2, 0.25) is 5.02 Å². The number of nitrogens with two attached hydrogens (primary N) is 1. The van der Waals surface area contributed by atoms with Crippen LogP contribution >= 0.6 is 11.6 Å². The second-order valence-electron chi connectivity index (χ2n) is 6.24. The van der Waals surface area contributed by atoms with Crippen molar-refractivity contribution in [3.63, 3.8) is 0 Å². The molecule has 9 heteroatoms. The molecule has 0 spiro atoms. The summed E-state index contributed by atoms with van der Waals surface area (Å²) in [6.07, 6.45) is -0.390. The smallest absolute Gasteiger partial charge is 0.258 e. The number of nitrogens with zero attached hydrogens (tertiary/aromatic N) is 2. The molecule has 29 heavy (non-hydrogen) atoms. The summed E-state index contributed by atoms with van der Waals surface area (Å²) in [5.41, 5.74) is 7.06. The Morgan fingerprint density at radius 3 is 2.45 bits per heavy atom. The summed E-state index contributed by atoms with van der Waals surface area (Å²) in [7, 11) is 1.58. The van der Waals surface area contributed by atoms with Gasteiger partial charge in [0, 0.05) is 24.5 Å². The number of nitrogen functional groups attached to an aromatic ring is 1. The summed E-state index contributed by atoms with van der Waals surface area (Å²) >= 11 is 6.02. The van der Waals surface area contributed by atoms with E-state index in [1.54, 1.807) is 55.6 Å². The van der Waals surface area contributed by atoms with Crippen LogP contribution in [0, 0.1) is 0 Å². The van der Waals surface area contributed by atoms with Crippen LogP contribution in [0.4, 0.5) is 17.2 Å². The standard InChI is InChI=1S/C20H18ClN5O3/c1-26-18(24-20(29)14-4-2-3-5-15(14)21)10-16(25-26)17(27)11-19(28)23-13-8-6-12(22)7-9-13/h2-10H,11,22H2,1H3,(H,23,28)(H,24,29). The summed E-state index contributed by atoms with van der Waals surface area (Å²) in [5.74, 6) is -1.09. The van der Waals surface area contributed by atoms with Crippen LogP contribution in [0.25, 0.3) is 0 Å². The summed E-state index contributed by atoms with van der Waals surface area (Å²) < 4.78 is 1.35. The van der Waals surface area contributed by atoms with E-state index < -0.39 is 17.6 Å². The van der Waals surface area contributed by atoms with Crippen LogP contribution < -0.4 is 16.4 Å². The van der Waals surface area contributed by atoms with E-state index in [0.29, 0.717) is 27.8 Å². The fourth-order valence-corrected chi connectivity index (χ4v) is 2.78. The Kier molecular flexibility index (Phi) is 5.94. The molecule has 0 atom stereocenters. The zero-order valence-electron chi connectivity index (χ0n) is 15.5. The number of ketones is 1. The number of Topliss-reactive ketones (excluding diaryl/α,β-unsaturated/α-hetero) is 1. The number of carbonyl (C=O) groups is 3. The van der Waals surface area contributed by atoms with Gasteiger partial charge < -0.3 is 16.4 Å². The Labute approximate surface area is 171 Å². The Hall–Kier alpha value is -3.65. The normalized spacial score (nSPS) is 10.4. The van der Waals surface area contributed by atoms with Gasteiger partial charge in [0.25, 0.3) is 5.91 Å². The van der Waals surface area contributed by atoms with Gasteiger partial charge in [-0.1, -0.05) is 23.7 Å². The van der Waals surface area contributed by atoms with Gasteiger partial charge in [-0.25, -0.2) is 0 Å². The zero-order valence-corrected chi connectivity index (χ0v) is 16.2.